The summed E-state index contributed by atoms with van der Waals surface area (Å²) in [4.78, 5) is 29.8. The number of amides is 1. The molecular formula is C13H18N4O3. The van der Waals surface area contributed by atoms with Gasteiger partial charge in [-0.25, -0.2) is 14.8 Å². The Labute approximate surface area is 116 Å². The summed E-state index contributed by atoms with van der Waals surface area (Å²) in [6, 6.07) is 0.266. The van der Waals surface area contributed by atoms with E-state index in [-0.39, 0.29) is 23.4 Å². The molecule has 1 saturated carbocycles. The summed E-state index contributed by atoms with van der Waals surface area (Å²) in [6.07, 6.45) is 5.93. The highest BCUT2D eigenvalue weighted by Crippen LogP contribution is 2.24. The van der Waals surface area contributed by atoms with Crippen LogP contribution in [0.5, 0.6) is 0 Å². The fourth-order valence-corrected chi connectivity index (χ4v) is 2.50. The van der Waals surface area contributed by atoms with E-state index in [9.17, 15) is 9.59 Å². The maximum atomic E-state index is 11.1. The van der Waals surface area contributed by atoms with Crippen molar-refractivity contribution in [2.75, 3.05) is 0 Å². The van der Waals surface area contributed by atoms with Crippen LogP contribution in [-0.2, 0) is 11.3 Å². The minimum Gasteiger partial charge on any atom is -0.478 e. The van der Waals surface area contributed by atoms with Gasteiger partial charge in [0.2, 0.25) is 5.91 Å². The molecule has 108 valence electrons. The van der Waals surface area contributed by atoms with Gasteiger partial charge in [0.25, 0.3) is 0 Å². The minimum atomic E-state index is -1.03. The number of primary amides is 1. The van der Waals surface area contributed by atoms with Crippen LogP contribution in [0.25, 0.3) is 0 Å². The number of rotatable bonds is 5. The Hall–Kier alpha value is -2.02. The molecule has 2 rings (SSSR count). The Morgan fingerprint density at radius 3 is 2.65 bits per heavy atom. The zero-order valence-electron chi connectivity index (χ0n) is 11.1. The molecule has 7 nitrogen and oxygen atoms in total. The van der Waals surface area contributed by atoms with Gasteiger partial charge in [-0.05, 0) is 25.7 Å². The largest absolute Gasteiger partial charge is 0.478 e. The third-order valence-electron chi connectivity index (χ3n) is 3.71. The molecule has 0 bridgehead atoms. The SMILES string of the molecule is NC(=O)C1CCC(NCc2ncncc2C(=O)O)CC1. The molecule has 0 radical (unpaired) electrons. The van der Waals surface area contributed by atoms with Crippen LogP contribution >= 0.6 is 0 Å². The van der Waals surface area contributed by atoms with E-state index in [1.807, 2.05) is 0 Å². The van der Waals surface area contributed by atoms with E-state index in [2.05, 4.69) is 15.3 Å². The molecule has 1 aromatic heterocycles. The lowest BCUT2D eigenvalue weighted by Gasteiger charge is -2.27. The second-order valence-corrected chi connectivity index (χ2v) is 5.02. The molecule has 4 N–H and O–H groups in total. The second-order valence-electron chi connectivity index (χ2n) is 5.02. The van der Waals surface area contributed by atoms with E-state index >= 15 is 0 Å². The monoisotopic (exact) mass is 278 g/mol. The Morgan fingerprint density at radius 2 is 2.05 bits per heavy atom. The van der Waals surface area contributed by atoms with Gasteiger partial charge in [-0.2, -0.15) is 0 Å². The van der Waals surface area contributed by atoms with Crippen LogP contribution in [0, 0.1) is 5.92 Å². The van der Waals surface area contributed by atoms with E-state index in [0.717, 1.165) is 25.7 Å². The summed E-state index contributed by atoms with van der Waals surface area (Å²) in [5.41, 5.74) is 5.88. The number of carboxylic acid groups (broad SMARTS) is 1. The first kappa shape index (κ1) is 14.4. The lowest BCUT2D eigenvalue weighted by atomic mass is 9.85. The van der Waals surface area contributed by atoms with Gasteiger partial charge in [-0.3, -0.25) is 4.79 Å². The van der Waals surface area contributed by atoms with Gasteiger partial charge >= 0.3 is 5.97 Å². The third kappa shape index (κ3) is 3.51. The molecule has 1 heterocycles. The molecule has 0 spiro atoms. The number of nitrogens with two attached hydrogens (primary N) is 1. The maximum Gasteiger partial charge on any atom is 0.339 e. The van der Waals surface area contributed by atoms with Gasteiger partial charge in [-0.1, -0.05) is 0 Å². The van der Waals surface area contributed by atoms with Gasteiger partial charge in [0.1, 0.15) is 11.9 Å². The summed E-state index contributed by atoms with van der Waals surface area (Å²) in [6.45, 7) is 0.385. The van der Waals surface area contributed by atoms with Crippen molar-refractivity contribution in [1.29, 1.82) is 0 Å². The number of hydrogen-bond acceptors (Lipinski definition) is 5. The van der Waals surface area contributed by atoms with Gasteiger partial charge < -0.3 is 16.2 Å². The second kappa shape index (κ2) is 6.42. The molecule has 1 amide bonds. The van der Waals surface area contributed by atoms with E-state index in [0.29, 0.717) is 12.2 Å². The van der Waals surface area contributed by atoms with Crippen LogP contribution in [0.2, 0.25) is 0 Å². The zero-order valence-corrected chi connectivity index (χ0v) is 11.1. The first-order valence-electron chi connectivity index (χ1n) is 6.62. The molecule has 0 unspecified atom stereocenters. The van der Waals surface area contributed by atoms with Crippen molar-refractivity contribution in [2.45, 2.75) is 38.3 Å². The lowest BCUT2D eigenvalue weighted by molar-refractivity contribution is -0.122. The smallest absolute Gasteiger partial charge is 0.339 e. The Balaban J connectivity index is 1.88. The predicted molar refractivity (Wildman–Crippen MR) is 70.8 cm³/mol. The lowest BCUT2D eigenvalue weighted by Crippen LogP contribution is -2.36. The van der Waals surface area contributed by atoms with Gasteiger partial charge in [0, 0.05) is 24.7 Å². The number of aromatic carboxylic acids is 1. The number of nitrogens with zero attached hydrogens (tertiary/aromatic N) is 2. The zero-order chi connectivity index (χ0) is 14.5. The molecule has 0 saturated heterocycles. The number of carbonyl (C=O) groups excluding carboxylic acids is 1. The number of hydrogen-bond donors (Lipinski definition) is 3. The van der Waals surface area contributed by atoms with Crippen molar-refractivity contribution in [2.24, 2.45) is 11.7 Å². The Morgan fingerprint density at radius 1 is 1.35 bits per heavy atom. The van der Waals surface area contributed by atoms with Crippen molar-refractivity contribution >= 4 is 11.9 Å². The summed E-state index contributed by atoms with van der Waals surface area (Å²) in [7, 11) is 0. The van der Waals surface area contributed by atoms with Crippen LogP contribution in [0.1, 0.15) is 41.7 Å². The van der Waals surface area contributed by atoms with E-state index in [1.54, 1.807) is 0 Å². The standard InChI is InChI=1S/C13H18N4O3/c14-12(18)8-1-3-9(4-2-8)16-6-11-10(13(19)20)5-15-7-17-11/h5,7-9,16H,1-4,6H2,(H2,14,18)(H,19,20). The van der Waals surface area contributed by atoms with Crippen LogP contribution in [0.15, 0.2) is 12.5 Å². The summed E-state index contributed by atoms with van der Waals surface area (Å²) < 4.78 is 0. The van der Waals surface area contributed by atoms with Crippen molar-refractivity contribution in [3.05, 3.63) is 23.8 Å². The first-order valence-corrected chi connectivity index (χ1v) is 6.62. The van der Waals surface area contributed by atoms with E-state index in [1.165, 1.54) is 12.5 Å². The average Bonchev–Trinajstić information content (AvgIpc) is 2.45. The van der Waals surface area contributed by atoms with Gasteiger partial charge in [0.05, 0.1) is 5.69 Å². The Bertz CT molecular complexity index is 498. The normalized spacial score (nSPS) is 22.4. The van der Waals surface area contributed by atoms with Crippen LogP contribution in [0.3, 0.4) is 0 Å². The molecule has 20 heavy (non-hydrogen) atoms. The predicted octanol–water partition coefficient (Wildman–Crippen LogP) is 0.308. The molecule has 1 aliphatic carbocycles. The number of nitrogens with one attached hydrogen (secondary N) is 1. The fourth-order valence-electron chi connectivity index (χ4n) is 2.50. The van der Waals surface area contributed by atoms with E-state index < -0.39 is 5.97 Å². The van der Waals surface area contributed by atoms with Crippen LogP contribution in [0.4, 0.5) is 0 Å². The first-order chi connectivity index (χ1) is 9.58. The van der Waals surface area contributed by atoms with Crippen molar-refractivity contribution in [1.82, 2.24) is 15.3 Å². The third-order valence-corrected chi connectivity index (χ3v) is 3.71. The minimum absolute atomic E-state index is 0.0262. The van der Waals surface area contributed by atoms with Gasteiger partial charge in [0.15, 0.2) is 0 Å². The highest BCUT2D eigenvalue weighted by atomic mass is 16.4. The molecule has 1 aromatic rings. The summed E-state index contributed by atoms with van der Waals surface area (Å²) in [5, 5.41) is 12.3. The average molecular weight is 278 g/mol. The summed E-state index contributed by atoms with van der Waals surface area (Å²) >= 11 is 0. The molecule has 7 heteroatoms. The highest BCUT2D eigenvalue weighted by molar-refractivity contribution is 5.88. The molecule has 0 atom stereocenters. The Kier molecular flexibility index (Phi) is 4.62. The van der Waals surface area contributed by atoms with Crippen molar-refractivity contribution in [3.8, 4) is 0 Å². The van der Waals surface area contributed by atoms with Gasteiger partial charge in [-0.15, -0.1) is 0 Å². The molecule has 1 aliphatic rings. The highest BCUT2D eigenvalue weighted by Gasteiger charge is 2.24. The van der Waals surface area contributed by atoms with E-state index in [4.69, 9.17) is 10.8 Å². The topological polar surface area (TPSA) is 118 Å². The fraction of sp³-hybridized carbons (Fsp3) is 0.538. The van der Waals surface area contributed by atoms with Crippen molar-refractivity contribution < 1.29 is 14.7 Å². The molecular weight excluding hydrogens is 260 g/mol. The molecule has 0 aromatic carbocycles. The maximum absolute atomic E-state index is 11.1. The molecule has 0 aliphatic heterocycles. The molecule has 1 fully saturated rings. The van der Waals surface area contributed by atoms with Crippen molar-refractivity contribution in [3.63, 3.8) is 0 Å². The quantitative estimate of drug-likeness (QED) is 0.713. The number of carboxylic acids is 1. The van der Waals surface area contributed by atoms with Crippen LogP contribution in [-0.4, -0.2) is 33.0 Å². The number of aromatic nitrogens is 2. The summed E-state index contributed by atoms with van der Waals surface area (Å²) in [5.74, 6) is -1.28. The van der Waals surface area contributed by atoms with Crippen LogP contribution < -0.4 is 11.1 Å². The number of carbonyl (C=O) groups is 2.